The molecule has 0 saturated carbocycles. The zero-order valence-corrected chi connectivity index (χ0v) is 10.3. The Bertz CT molecular complexity index is 457. The number of carbonyl (C=O) groups excluding carboxylic acids is 1. The van der Waals surface area contributed by atoms with E-state index >= 15 is 0 Å². The Balaban J connectivity index is 2.87. The third-order valence-corrected chi connectivity index (χ3v) is 2.43. The molecule has 1 rings (SSSR count). The van der Waals surface area contributed by atoms with Gasteiger partial charge in [-0.15, -0.1) is 0 Å². The van der Waals surface area contributed by atoms with E-state index in [0.29, 0.717) is 0 Å². The van der Waals surface area contributed by atoms with E-state index in [4.69, 9.17) is 23.2 Å². The highest BCUT2D eigenvalue weighted by molar-refractivity contribution is 6.40. The first kappa shape index (κ1) is 13.0. The van der Waals surface area contributed by atoms with Crippen LogP contribution in [-0.2, 0) is 11.3 Å². The van der Waals surface area contributed by atoms with Gasteiger partial charge in [0.2, 0.25) is 5.91 Å². The summed E-state index contributed by atoms with van der Waals surface area (Å²) >= 11 is 11.2. The second kappa shape index (κ2) is 5.32. The molecule has 0 radical (unpaired) electrons. The van der Waals surface area contributed by atoms with Gasteiger partial charge in [0.15, 0.2) is 5.15 Å². The number of nitrogens with one attached hydrogen (secondary N) is 1. The van der Waals surface area contributed by atoms with Crippen LogP contribution in [0.4, 0.5) is 0 Å². The average molecular weight is 264 g/mol. The highest BCUT2D eigenvalue weighted by Crippen LogP contribution is 2.12. The number of hydrogen-bond donors (Lipinski definition) is 1. The van der Waals surface area contributed by atoms with Gasteiger partial charge in [0.1, 0.15) is 11.6 Å². The number of halogens is 2. The highest BCUT2D eigenvalue weighted by Gasteiger charge is 2.10. The summed E-state index contributed by atoms with van der Waals surface area (Å²) < 4.78 is 1.10. The van der Waals surface area contributed by atoms with Gasteiger partial charge < -0.3 is 5.32 Å². The Hall–Kier alpha value is -1.07. The van der Waals surface area contributed by atoms with Crippen molar-refractivity contribution in [2.75, 3.05) is 0 Å². The molecule has 0 atom stereocenters. The summed E-state index contributed by atoms with van der Waals surface area (Å²) in [6.45, 7) is 3.53. The molecule has 0 aliphatic rings. The van der Waals surface area contributed by atoms with Gasteiger partial charge in [-0.1, -0.05) is 23.2 Å². The van der Waals surface area contributed by atoms with Gasteiger partial charge in [-0.2, -0.15) is 0 Å². The lowest BCUT2D eigenvalue weighted by Gasteiger charge is -2.09. The molecule has 5 nitrogen and oxygen atoms in total. The molecule has 1 N–H and O–H groups in total. The average Bonchev–Trinajstić information content (AvgIpc) is 2.18. The van der Waals surface area contributed by atoms with Gasteiger partial charge in [-0.25, -0.2) is 4.98 Å². The number of aromatic nitrogens is 2. The molecule has 88 valence electrons. The second-order valence-corrected chi connectivity index (χ2v) is 4.24. The molecule has 0 unspecified atom stereocenters. The SMILES string of the molecule is CC(C)NC(=O)Cn1cnc(Cl)c(Cl)c1=O. The minimum atomic E-state index is -0.527. The molecular weight excluding hydrogens is 253 g/mol. The van der Waals surface area contributed by atoms with Crippen LogP contribution in [0.15, 0.2) is 11.1 Å². The van der Waals surface area contributed by atoms with Gasteiger partial charge >= 0.3 is 0 Å². The number of rotatable bonds is 3. The van der Waals surface area contributed by atoms with Crippen LogP contribution in [0.2, 0.25) is 10.2 Å². The van der Waals surface area contributed by atoms with Gasteiger partial charge in [-0.05, 0) is 13.8 Å². The summed E-state index contributed by atoms with van der Waals surface area (Å²) in [5.74, 6) is -0.280. The third-order valence-electron chi connectivity index (χ3n) is 1.70. The molecule has 1 aromatic rings. The Labute approximate surface area is 102 Å². The van der Waals surface area contributed by atoms with Crippen LogP contribution in [0.5, 0.6) is 0 Å². The van der Waals surface area contributed by atoms with Crippen molar-refractivity contribution in [2.45, 2.75) is 26.4 Å². The van der Waals surface area contributed by atoms with Crippen LogP contribution < -0.4 is 10.9 Å². The van der Waals surface area contributed by atoms with E-state index in [1.54, 1.807) is 0 Å². The van der Waals surface area contributed by atoms with Gasteiger partial charge in [-0.3, -0.25) is 14.2 Å². The first-order valence-corrected chi connectivity index (χ1v) is 5.37. The summed E-state index contributed by atoms with van der Waals surface area (Å²) in [4.78, 5) is 26.6. The number of hydrogen-bond acceptors (Lipinski definition) is 3. The Morgan fingerprint density at radius 1 is 1.56 bits per heavy atom. The zero-order valence-electron chi connectivity index (χ0n) is 8.83. The summed E-state index contributed by atoms with van der Waals surface area (Å²) in [6, 6.07) is 0.0129. The van der Waals surface area contributed by atoms with E-state index in [0.717, 1.165) is 4.57 Å². The van der Waals surface area contributed by atoms with Crippen LogP contribution >= 0.6 is 23.2 Å². The molecule has 0 bridgehead atoms. The Morgan fingerprint density at radius 2 is 2.19 bits per heavy atom. The molecule has 0 aromatic carbocycles. The van der Waals surface area contributed by atoms with E-state index in [2.05, 4.69) is 10.3 Å². The minimum absolute atomic E-state index is 0.0129. The van der Waals surface area contributed by atoms with Gasteiger partial charge in [0.05, 0.1) is 6.33 Å². The minimum Gasteiger partial charge on any atom is -0.352 e. The lowest BCUT2D eigenvalue weighted by Crippen LogP contribution is -2.36. The monoisotopic (exact) mass is 263 g/mol. The summed E-state index contributed by atoms with van der Waals surface area (Å²) in [6.07, 6.45) is 1.19. The normalized spacial score (nSPS) is 10.6. The lowest BCUT2D eigenvalue weighted by atomic mass is 10.4. The predicted molar refractivity (Wildman–Crippen MR) is 61.8 cm³/mol. The maximum atomic E-state index is 11.5. The highest BCUT2D eigenvalue weighted by atomic mass is 35.5. The number of nitrogens with zero attached hydrogens (tertiary/aromatic N) is 2. The molecule has 1 amide bonds. The second-order valence-electron chi connectivity index (χ2n) is 3.50. The van der Waals surface area contributed by atoms with Crippen molar-refractivity contribution in [3.8, 4) is 0 Å². The summed E-state index contributed by atoms with van der Waals surface area (Å²) in [7, 11) is 0. The summed E-state index contributed by atoms with van der Waals surface area (Å²) in [5.41, 5.74) is -0.527. The van der Waals surface area contributed by atoms with E-state index in [1.807, 2.05) is 13.8 Å². The van der Waals surface area contributed by atoms with Gasteiger partial charge in [0.25, 0.3) is 5.56 Å². The molecule has 1 aromatic heterocycles. The van der Waals surface area contributed by atoms with Crippen LogP contribution in [-0.4, -0.2) is 21.5 Å². The largest absolute Gasteiger partial charge is 0.352 e. The lowest BCUT2D eigenvalue weighted by molar-refractivity contribution is -0.122. The maximum Gasteiger partial charge on any atom is 0.274 e. The van der Waals surface area contributed by atoms with E-state index in [9.17, 15) is 9.59 Å². The smallest absolute Gasteiger partial charge is 0.274 e. The first-order chi connectivity index (χ1) is 7.41. The predicted octanol–water partition coefficient (Wildman–Crippen LogP) is 1.07. The van der Waals surface area contributed by atoms with E-state index < -0.39 is 5.56 Å². The standard InChI is InChI=1S/C9H11Cl2N3O2/c1-5(2)13-6(15)3-14-4-12-8(11)7(10)9(14)16/h4-5H,3H2,1-2H3,(H,13,15). The molecule has 0 aliphatic carbocycles. The van der Waals surface area contributed by atoms with Crippen LogP contribution in [0, 0.1) is 0 Å². The molecule has 0 fully saturated rings. The van der Waals surface area contributed by atoms with Crippen LogP contribution in [0.1, 0.15) is 13.8 Å². The maximum absolute atomic E-state index is 11.5. The van der Waals surface area contributed by atoms with E-state index in [-0.39, 0.29) is 28.7 Å². The van der Waals surface area contributed by atoms with Crippen molar-refractivity contribution in [3.05, 3.63) is 26.9 Å². The molecular formula is C9H11Cl2N3O2. The van der Waals surface area contributed by atoms with Gasteiger partial charge in [0, 0.05) is 6.04 Å². The van der Waals surface area contributed by atoms with Crippen molar-refractivity contribution in [1.29, 1.82) is 0 Å². The molecule has 0 saturated heterocycles. The van der Waals surface area contributed by atoms with Crippen LogP contribution in [0.3, 0.4) is 0 Å². The van der Waals surface area contributed by atoms with Crippen molar-refractivity contribution in [2.24, 2.45) is 0 Å². The van der Waals surface area contributed by atoms with Crippen molar-refractivity contribution < 1.29 is 4.79 Å². The fourth-order valence-corrected chi connectivity index (χ4v) is 1.36. The fourth-order valence-electron chi connectivity index (χ4n) is 1.08. The third kappa shape index (κ3) is 3.21. The quantitative estimate of drug-likeness (QED) is 0.831. The molecule has 7 heteroatoms. The van der Waals surface area contributed by atoms with Crippen molar-refractivity contribution in [3.63, 3.8) is 0 Å². The Kier molecular flexibility index (Phi) is 4.32. The van der Waals surface area contributed by atoms with Crippen molar-refractivity contribution in [1.82, 2.24) is 14.9 Å². The number of amides is 1. The zero-order chi connectivity index (χ0) is 12.3. The van der Waals surface area contributed by atoms with Crippen LogP contribution in [0.25, 0.3) is 0 Å². The molecule has 1 heterocycles. The van der Waals surface area contributed by atoms with Crippen molar-refractivity contribution >= 4 is 29.1 Å². The fraction of sp³-hybridized carbons (Fsp3) is 0.444. The molecule has 16 heavy (non-hydrogen) atoms. The number of carbonyl (C=O) groups is 1. The molecule has 0 aliphatic heterocycles. The first-order valence-electron chi connectivity index (χ1n) is 4.61. The summed E-state index contributed by atoms with van der Waals surface area (Å²) in [5, 5.41) is 2.41. The topological polar surface area (TPSA) is 64.0 Å². The van der Waals surface area contributed by atoms with E-state index in [1.165, 1.54) is 6.33 Å². The Morgan fingerprint density at radius 3 is 2.75 bits per heavy atom. The molecule has 0 spiro atoms.